The molecule has 0 aliphatic carbocycles. The highest BCUT2D eigenvalue weighted by Gasteiger charge is 2.17. The number of esters is 1. The SMILES string of the molecule is CCCCCCCC(=O)N(CCCOCC)Cc1nc(C(=O)OC)cs1. The second kappa shape index (κ2) is 13.7. The fourth-order valence-corrected chi connectivity index (χ4v) is 3.35. The van der Waals surface area contributed by atoms with E-state index in [9.17, 15) is 9.59 Å². The van der Waals surface area contributed by atoms with E-state index in [0.717, 1.165) is 24.3 Å². The Hall–Kier alpha value is -1.47. The first kappa shape index (κ1) is 22.6. The summed E-state index contributed by atoms with van der Waals surface area (Å²) in [6.07, 6.45) is 6.98. The zero-order chi connectivity index (χ0) is 19.2. The number of rotatable bonds is 14. The summed E-state index contributed by atoms with van der Waals surface area (Å²) in [4.78, 5) is 30.3. The minimum atomic E-state index is -0.447. The first-order valence-electron chi connectivity index (χ1n) is 9.50. The molecule has 148 valence electrons. The highest BCUT2D eigenvalue weighted by molar-refractivity contribution is 7.09. The Kier molecular flexibility index (Phi) is 11.9. The van der Waals surface area contributed by atoms with Crippen LogP contribution in [-0.4, -0.2) is 48.6 Å². The van der Waals surface area contributed by atoms with Gasteiger partial charge in [0.2, 0.25) is 5.91 Å². The van der Waals surface area contributed by atoms with E-state index in [-0.39, 0.29) is 5.91 Å². The molecule has 1 aromatic rings. The fraction of sp³-hybridized carbons (Fsp3) is 0.737. The maximum Gasteiger partial charge on any atom is 0.357 e. The van der Waals surface area contributed by atoms with Gasteiger partial charge in [0.25, 0.3) is 0 Å². The Morgan fingerprint density at radius 1 is 1.15 bits per heavy atom. The third-order valence-corrected chi connectivity index (χ3v) is 4.87. The van der Waals surface area contributed by atoms with Crippen molar-refractivity contribution in [3.63, 3.8) is 0 Å². The van der Waals surface area contributed by atoms with Crippen LogP contribution in [0.4, 0.5) is 0 Å². The number of aromatic nitrogens is 1. The molecule has 1 rings (SSSR count). The lowest BCUT2D eigenvalue weighted by atomic mass is 10.1. The van der Waals surface area contributed by atoms with E-state index < -0.39 is 5.97 Å². The van der Waals surface area contributed by atoms with Crippen LogP contribution in [0.15, 0.2) is 5.38 Å². The van der Waals surface area contributed by atoms with Gasteiger partial charge >= 0.3 is 5.97 Å². The summed E-state index contributed by atoms with van der Waals surface area (Å²) in [5.74, 6) is -0.300. The van der Waals surface area contributed by atoms with Crippen molar-refractivity contribution in [2.45, 2.75) is 65.3 Å². The molecule has 1 aromatic heterocycles. The molecule has 1 amide bonds. The van der Waals surface area contributed by atoms with Gasteiger partial charge in [-0.3, -0.25) is 4.79 Å². The first-order valence-corrected chi connectivity index (χ1v) is 10.4. The molecular weight excluding hydrogens is 352 g/mol. The second-order valence-corrected chi connectivity index (χ2v) is 7.09. The number of hydrogen-bond acceptors (Lipinski definition) is 6. The van der Waals surface area contributed by atoms with Crippen molar-refractivity contribution in [3.05, 3.63) is 16.1 Å². The van der Waals surface area contributed by atoms with Gasteiger partial charge in [-0.25, -0.2) is 9.78 Å². The molecule has 0 N–H and O–H groups in total. The number of ether oxygens (including phenoxy) is 2. The molecule has 0 radical (unpaired) electrons. The predicted molar refractivity (Wildman–Crippen MR) is 103 cm³/mol. The Balaban J connectivity index is 2.57. The number of methoxy groups -OCH3 is 1. The molecule has 0 aliphatic rings. The van der Waals surface area contributed by atoms with Crippen molar-refractivity contribution < 1.29 is 19.1 Å². The van der Waals surface area contributed by atoms with Crippen LogP contribution in [0.5, 0.6) is 0 Å². The van der Waals surface area contributed by atoms with Gasteiger partial charge in [-0.2, -0.15) is 0 Å². The van der Waals surface area contributed by atoms with Crippen LogP contribution in [0.25, 0.3) is 0 Å². The van der Waals surface area contributed by atoms with Gasteiger partial charge in [0.15, 0.2) is 5.69 Å². The highest BCUT2D eigenvalue weighted by Crippen LogP contribution is 2.15. The van der Waals surface area contributed by atoms with Crippen LogP contribution in [0.3, 0.4) is 0 Å². The van der Waals surface area contributed by atoms with E-state index in [4.69, 9.17) is 4.74 Å². The van der Waals surface area contributed by atoms with Gasteiger partial charge in [-0.05, 0) is 19.8 Å². The average molecular weight is 385 g/mol. The van der Waals surface area contributed by atoms with Crippen LogP contribution in [-0.2, 0) is 20.8 Å². The third-order valence-electron chi connectivity index (χ3n) is 4.04. The molecule has 0 aromatic carbocycles. The van der Waals surface area contributed by atoms with Crippen molar-refractivity contribution in [2.75, 3.05) is 26.9 Å². The van der Waals surface area contributed by atoms with Gasteiger partial charge in [-0.1, -0.05) is 32.6 Å². The van der Waals surface area contributed by atoms with E-state index in [2.05, 4.69) is 16.6 Å². The highest BCUT2D eigenvalue weighted by atomic mass is 32.1. The normalized spacial score (nSPS) is 10.7. The van der Waals surface area contributed by atoms with Crippen molar-refractivity contribution in [2.24, 2.45) is 0 Å². The second-order valence-electron chi connectivity index (χ2n) is 6.15. The molecule has 0 unspecified atom stereocenters. The molecule has 0 spiro atoms. The number of carbonyl (C=O) groups excluding carboxylic acids is 2. The maximum absolute atomic E-state index is 12.6. The zero-order valence-electron chi connectivity index (χ0n) is 16.3. The number of carbonyl (C=O) groups is 2. The number of unbranched alkanes of at least 4 members (excludes halogenated alkanes) is 4. The van der Waals surface area contributed by atoms with Gasteiger partial charge in [0.05, 0.1) is 13.7 Å². The van der Waals surface area contributed by atoms with E-state index in [0.29, 0.717) is 38.4 Å². The summed E-state index contributed by atoms with van der Waals surface area (Å²) in [5.41, 5.74) is 0.300. The number of thiazole rings is 1. The predicted octanol–water partition coefficient (Wildman–Crippen LogP) is 4.05. The lowest BCUT2D eigenvalue weighted by Gasteiger charge is -2.21. The standard InChI is InChI=1S/C19H32N2O4S/c1-4-6-7-8-9-11-18(22)21(12-10-13-25-5-2)14-17-20-16(15-26-17)19(23)24-3/h15H,4-14H2,1-3H3. The fourth-order valence-electron chi connectivity index (χ4n) is 2.58. The lowest BCUT2D eigenvalue weighted by Crippen LogP contribution is -2.32. The van der Waals surface area contributed by atoms with Gasteiger partial charge < -0.3 is 14.4 Å². The van der Waals surface area contributed by atoms with Crippen molar-refractivity contribution in [3.8, 4) is 0 Å². The quantitative estimate of drug-likeness (QED) is 0.358. The summed E-state index contributed by atoms with van der Waals surface area (Å²) in [7, 11) is 1.34. The van der Waals surface area contributed by atoms with E-state index in [1.165, 1.54) is 37.7 Å². The van der Waals surface area contributed by atoms with Gasteiger partial charge in [0, 0.05) is 31.6 Å². The molecule has 1 heterocycles. The molecule has 0 bridgehead atoms. The summed E-state index contributed by atoms with van der Waals surface area (Å²) >= 11 is 1.38. The largest absolute Gasteiger partial charge is 0.464 e. The maximum atomic E-state index is 12.6. The van der Waals surface area contributed by atoms with E-state index in [1.807, 2.05) is 11.8 Å². The van der Waals surface area contributed by atoms with Crippen LogP contribution in [0, 0.1) is 0 Å². The molecule has 0 atom stereocenters. The summed E-state index contributed by atoms with van der Waals surface area (Å²) < 4.78 is 10.1. The van der Waals surface area contributed by atoms with Gasteiger partial charge in [0.1, 0.15) is 5.01 Å². The van der Waals surface area contributed by atoms with Crippen molar-refractivity contribution in [1.29, 1.82) is 0 Å². The lowest BCUT2D eigenvalue weighted by molar-refractivity contribution is -0.132. The topological polar surface area (TPSA) is 68.7 Å². The molecule has 0 saturated heterocycles. The summed E-state index contributed by atoms with van der Waals surface area (Å²) in [6.45, 7) is 6.54. The molecular formula is C19H32N2O4S. The van der Waals surface area contributed by atoms with Crippen LogP contribution in [0.2, 0.25) is 0 Å². The minimum Gasteiger partial charge on any atom is -0.464 e. The minimum absolute atomic E-state index is 0.146. The van der Waals surface area contributed by atoms with Crippen LogP contribution < -0.4 is 0 Å². The Labute approximate surface area is 160 Å². The Morgan fingerprint density at radius 3 is 2.62 bits per heavy atom. The Bertz CT molecular complexity index is 533. The van der Waals surface area contributed by atoms with E-state index in [1.54, 1.807) is 5.38 Å². The zero-order valence-corrected chi connectivity index (χ0v) is 17.1. The number of nitrogens with zero attached hydrogens (tertiary/aromatic N) is 2. The van der Waals surface area contributed by atoms with Gasteiger partial charge in [-0.15, -0.1) is 11.3 Å². The molecule has 7 heteroatoms. The first-order chi connectivity index (χ1) is 12.6. The molecule has 0 fully saturated rings. The monoisotopic (exact) mass is 384 g/mol. The summed E-state index contributed by atoms with van der Waals surface area (Å²) in [5, 5.41) is 2.43. The Morgan fingerprint density at radius 2 is 1.92 bits per heavy atom. The molecule has 6 nitrogen and oxygen atoms in total. The average Bonchev–Trinajstić information content (AvgIpc) is 3.11. The van der Waals surface area contributed by atoms with Crippen LogP contribution >= 0.6 is 11.3 Å². The number of amides is 1. The van der Waals surface area contributed by atoms with Crippen molar-refractivity contribution >= 4 is 23.2 Å². The number of hydrogen-bond donors (Lipinski definition) is 0. The summed E-state index contributed by atoms with van der Waals surface area (Å²) in [6, 6.07) is 0. The van der Waals surface area contributed by atoms with E-state index >= 15 is 0 Å². The molecule has 0 aliphatic heterocycles. The van der Waals surface area contributed by atoms with Crippen molar-refractivity contribution in [1.82, 2.24) is 9.88 Å². The third kappa shape index (κ3) is 8.76. The smallest absolute Gasteiger partial charge is 0.357 e. The molecule has 26 heavy (non-hydrogen) atoms. The van der Waals surface area contributed by atoms with Crippen LogP contribution in [0.1, 0.15) is 74.3 Å². The molecule has 0 saturated carbocycles.